The van der Waals surface area contributed by atoms with E-state index in [1.165, 1.54) is 38.5 Å². The van der Waals surface area contributed by atoms with Crippen LogP contribution in [-0.2, 0) is 0 Å². The number of rotatable bonds is 6. The molecule has 0 spiro atoms. The van der Waals surface area contributed by atoms with Crippen LogP contribution < -0.4 is 0 Å². The lowest BCUT2D eigenvalue weighted by Crippen LogP contribution is -2.59. The van der Waals surface area contributed by atoms with Gasteiger partial charge in [0.1, 0.15) is 0 Å². The average Bonchev–Trinajstić information content (AvgIpc) is 3.05. The van der Waals surface area contributed by atoms with Gasteiger partial charge >= 0.3 is 0 Å². The second kappa shape index (κ2) is 8.34. The molecule has 0 amide bonds. The maximum Gasteiger partial charge on any atom is 0.0653 e. The Morgan fingerprint density at radius 2 is 1.53 bits per heavy atom. The van der Waals surface area contributed by atoms with E-state index >= 15 is 0 Å². The molecule has 3 N–H and O–H groups in total. The Morgan fingerprint density at radius 1 is 0.833 bits per heavy atom. The lowest BCUT2D eigenvalue weighted by Gasteiger charge is -2.62. The van der Waals surface area contributed by atoms with E-state index in [1.807, 2.05) is 0 Å². The lowest BCUT2D eigenvalue weighted by molar-refractivity contribution is -0.179. The van der Waals surface area contributed by atoms with Crippen molar-refractivity contribution in [2.75, 3.05) is 0 Å². The van der Waals surface area contributed by atoms with Gasteiger partial charge in [-0.2, -0.15) is 0 Å². The quantitative estimate of drug-likeness (QED) is 0.483. The van der Waals surface area contributed by atoms with Gasteiger partial charge in [0.15, 0.2) is 0 Å². The highest BCUT2D eigenvalue weighted by molar-refractivity contribution is 5.13. The maximum atomic E-state index is 11.6. The molecule has 3 nitrogen and oxygen atoms in total. The van der Waals surface area contributed by atoms with E-state index in [-0.39, 0.29) is 29.0 Å². The number of unbranched alkanes of at least 4 members (excludes halogenated alkanes) is 3. The van der Waals surface area contributed by atoms with Crippen molar-refractivity contribution in [3.63, 3.8) is 0 Å². The van der Waals surface area contributed by atoms with Gasteiger partial charge < -0.3 is 15.3 Å². The second-order valence-electron chi connectivity index (χ2n) is 12.6. The number of aliphatic hydroxyl groups excluding tert-OH is 2. The van der Waals surface area contributed by atoms with Crippen molar-refractivity contribution < 1.29 is 15.3 Å². The Hall–Kier alpha value is -0.120. The standard InChI is InChI=1S/C27H48O3/c1-5-6-7-8-13-27(4,30)24-10-9-20-19-17-23(29)22-16-18(28)11-14-25(22,2)21(19)12-15-26(20,24)3/h18-24,28-30H,5-17H2,1-4H3/t18-,19+,20+,21-,22+,23-,24-,25?,26?,27-/m0/s1. The zero-order valence-corrected chi connectivity index (χ0v) is 20.1. The smallest absolute Gasteiger partial charge is 0.0653 e. The fourth-order valence-electron chi connectivity index (χ4n) is 9.38. The first kappa shape index (κ1) is 23.1. The third kappa shape index (κ3) is 3.69. The molecule has 174 valence electrons. The summed E-state index contributed by atoms with van der Waals surface area (Å²) in [5.74, 6) is 2.59. The summed E-state index contributed by atoms with van der Waals surface area (Å²) in [6, 6.07) is 0. The molecule has 0 saturated heterocycles. The molecule has 0 aliphatic heterocycles. The highest BCUT2D eigenvalue weighted by Crippen LogP contribution is 2.68. The lowest BCUT2D eigenvalue weighted by atomic mass is 9.43. The van der Waals surface area contributed by atoms with Gasteiger partial charge in [-0.3, -0.25) is 0 Å². The largest absolute Gasteiger partial charge is 0.393 e. The van der Waals surface area contributed by atoms with Gasteiger partial charge in [-0.1, -0.05) is 46.5 Å². The summed E-state index contributed by atoms with van der Waals surface area (Å²) in [4.78, 5) is 0. The van der Waals surface area contributed by atoms with E-state index in [4.69, 9.17) is 0 Å². The predicted octanol–water partition coefficient (Wildman–Crippen LogP) is 5.70. The maximum absolute atomic E-state index is 11.6. The second-order valence-corrected chi connectivity index (χ2v) is 12.6. The minimum Gasteiger partial charge on any atom is -0.393 e. The van der Waals surface area contributed by atoms with Gasteiger partial charge in [0, 0.05) is 0 Å². The van der Waals surface area contributed by atoms with Crippen LogP contribution in [0, 0.1) is 40.4 Å². The first-order valence-corrected chi connectivity index (χ1v) is 13.2. The molecular formula is C27H48O3. The molecule has 0 radical (unpaired) electrons. The Kier molecular flexibility index (Phi) is 6.41. The molecule has 0 aromatic heterocycles. The fraction of sp³-hybridized carbons (Fsp3) is 1.00. The SMILES string of the molecule is CCCCCC[C@](C)(O)[C@H]1CC[C@@H]2[C@H]3C[C@H](O)[C@H]4C[C@@H](O)CCC4(C)[C@H]3CCC21C. The van der Waals surface area contributed by atoms with Gasteiger partial charge in [-0.15, -0.1) is 0 Å². The molecule has 4 fully saturated rings. The Balaban J connectivity index is 1.52. The summed E-state index contributed by atoms with van der Waals surface area (Å²) >= 11 is 0. The molecule has 4 saturated carbocycles. The highest BCUT2D eigenvalue weighted by Gasteiger charge is 2.63. The van der Waals surface area contributed by atoms with E-state index in [0.29, 0.717) is 23.7 Å². The summed E-state index contributed by atoms with van der Waals surface area (Å²) in [5.41, 5.74) is -0.158. The highest BCUT2D eigenvalue weighted by atomic mass is 16.3. The predicted molar refractivity (Wildman–Crippen MR) is 122 cm³/mol. The summed E-state index contributed by atoms with van der Waals surface area (Å²) in [6.07, 6.45) is 13.9. The number of aliphatic hydroxyl groups is 3. The van der Waals surface area contributed by atoms with Gasteiger partial charge in [0.05, 0.1) is 17.8 Å². The van der Waals surface area contributed by atoms with Crippen molar-refractivity contribution in [2.24, 2.45) is 40.4 Å². The summed E-state index contributed by atoms with van der Waals surface area (Å²) in [7, 11) is 0. The molecule has 30 heavy (non-hydrogen) atoms. The first-order valence-electron chi connectivity index (χ1n) is 13.2. The van der Waals surface area contributed by atoms with Crippen molar-refractivity contribution >= 4 is 0 Å². The van der Waals surface area contributed by atoms with E-state index < -0.39 is 5.60 Å². The van der Waals surface area contributed by atoms with Crippen molar-refractivity contribution in [2.45, 2.75) is 129 Å². The molecule has 4 aliphatic carbocycles. The number of fused-ring (bicyclic) bond motifs is 5. The Morgan fingerprint density at radius 3 is 2.27 bits per heavy atom. The molecule has 0 aromatic rings. The van der Waals surface area contributed by atoms with Crippen LogP contribution in [-0.4, -0.2) is 33.1 Å². The topological polar surface area (TPSA) is 60.7 Å². The minimum absolute atomic E-state index is 0.184. The molecule has 4 rings (SSSR count). The molecule has 4 aliphatic rings. The van der Waals surface area contributed by atoms with Crippen LogP contribution in [0.4, 0.5) is 0 Å². The van der Waals surface area contributed by atoms with Crippen molar-refractivity contribution in [3.05, 3.63) is 0 Å². The van der Waals surface area contributed by atoms with Crippen LogP contribution >= 0.6 is 0 Å². The van der Waals surface area contributed by atoms with E-state index in [2.05, 4.69) is 27.7 Å². The van der Waals surface area contributed by atoms with Crippen molar-refractivity contribution in [1.29, 1.82) is 0 Å². The number of hydrogen-bond donors (Lipinski definition) is 3. The summed E-state index contributed by atoms with van der Waals surface area (Å²) < 4.78 is 0. The number of hydrogen-bond acceptors (Lipinski definition) is 3. The molecule has 2 unspecified atom stereocenters. The molecular weight excluding hydrogens is 372 g/mol. The third-order valence-electron chi connectivity index (χ3n) is 10.9. The van der Waals surface area contributed by atoms with Gasteiger partial charge in [-0.05, 0) is 105 Å². The molecule has 10 atom stereocenters. The van der Waals surface area contributed by atoms with Crippen molar-refractivity contribution in [3.8, 4) is 0 Å². The van der Waals surface area contributed by atoms with Crippen LogP contribution in [0.5, 0.6) is 0 Å². The Bertz CT molecular complexity index is 603. The average molecular weight is 421 g/mol. The van der Waals surface area contributed by atoms with E-state index in [0.717, 1.165) is 44.9 Å². The Labute approximate surface area is 185 Å². The summed E-state index contributed by atoms with van der Waals surface area (Å²) in [6.45, 7) is 9.29. The van der Waals surface area contributed by atoms with Crippen molar-refractivity contribution in [1.82, 2.24) is 0 Å². The van der Waals surface area contributed by atoms with Gasteiger partial charge in [0.2, 0.25) is 0 Å². The normalized spacial score (nSPS) is 50.3. The molecule has 0 heterocycles. The minimum atomic E-state index is -0.557. The first-order chi connectivity index (χ1) is 14.1. The van der Waals surface area contributed by atoms with Crippen LogP contribution in [0.2, 0.25) is 0 Å². The van der Waals surface area contributed by atoms with E-state index in [9.17, 15) is 15.3 Å². The molecule has 0 aromatic carbocycles. The monoisotopic (exact) mass is 420 g/mol. The summed E-state index contributed by atoms with van der Waals surface area (Å²) in [5, 5.41) is 33.0. The molecule has 3 heteroatoms. The van der Waals surface area contributed by atoms with Gasteiger partial charge in [-0.25, -0.2) is 0 Å². The zero-order valence-electron chi connectivity index (χ0n) is 20.1. The fourth-order valence-corrected chi connectivity index (χ4v) is 9.38. The third-order valence-corrected chi connectivity index (χ3v) is 10.9. The van der Waals surface area contributed by atoms with Crippen LogP contribution in [0.3, 0.4) is 0 Å². The molecule has 0 bridgehead atoms. The van der Waals surface area contributed by atoms with E-state index in [1.54, 1.807) is 0 Å². The van der Waals surface area contributed by atoms with Crippen LogP contribution in [0.15, 0.2) is 0 Å². The van der Waals surface area contributed by atoms with Gasteiger partial charge in [0.25, 0.3) is 0 Å². The van der Waals surface area contributed by atoms with Crippen LogP contribution in [0.1, 0.15) is 111 Å². The zero-order chi connectivity index (χ0) is 21.7. The van der Waals surface area contributed by atoms with Crippen LogP contribution in [0.25, 0.3) is 0 Å².